The lowest BCUT2D eigenvalue weighted by molar-refractivity contribution is -0.139. The van der Waals surface area contributed by atoms with Crippen LogP contribution in [0.5, 0.6) is 0 Å². The quantitative estimate of drug-likeness (QED) is 0.746. The Labute approximate surface area is 75.5 Å². The van der Waals surface area contributed by atoms with Crippen molar-refractivity contribution in [3.8, 4) is 0 Å². The monoisotopic (exact) mass is 192 g/mol. The van der Waals surface area contributed by atoms with Gasteiger partial charge in [-0.2, -0.15) is 0 Å². The van der Waals surface area contributed by atoms with Crippen LogP contribution in [0.3, 0.4) is 0 Å². The van der Waals surface area contributed by atoms with Gasteiger partial charge in [-0.3, -0.25) is 0 Å². The molecule has 1 atom stereocenters. The fraction of sp³-hybridized carbons (Fsp3) is 0.875. The third-order valence-electron chi connectivity index (χ3n) is 2.06. The third-order valence-corrected chi connectivity index (χ3v) is 3.36. The van der Waals surface area contributed by atoms with Crippen molar-refractivity contribution < 1.29 is 14.3 Å². The van der Waals surface area contributed by atoms with Crippen LogP contribution in [0.25, 0.3) is 0 Å². The van der Waals surface area contributed by atoms with E-state index in [9.17, 15) is 9.18 Å². The number of thioether (sulfide) groups is 1. The van der Waals surface area contributed by atoms with Gasteiger partial charge in [-0.25, -0.2) is 9.18 Å². The minimum Gasteiger partial charge on any atom is -0.478 e. The summed E-state index contributed by atoms with van der Waals surface area (Å²) in [6.45, 7) is 0. The molecule has 0 amide bonds. The lowest BCUT2D eigenvalue weighted by Gasteiger charge is -2.21. The highest BCUT2D eigenvalue weighted by Crippen LogP contribution is 2.31. The first-order valence-corrected chi connectivity index (χ1v) is 5.17. The van der Waals surface area contributed by atoms with Gasteiger partial charge in [0.15, 0.2) is 0 Å². The van der Waals surface area contributed by atoms with Gasteiger partial charge >= 0.3 is 5.97 Å². The summed E-state index contributed by atoms with van der Waals surface area (Å²) in [5, 5.41) is 8.54. The lowest BCUT2D eigenvalue weighted by Crippen LogP contribution is -2.17. The Morgan fingerprint density at radius 2 is 2.00 bits per heavy atom. The molecule has 1 unspecified atom stereocenters. The van der Waals surface area contributed by atoms with E-state index in [0.29, 0.717) is 0 Å². The number of alkyl halides is 1. The van der Waals surface area contributed by atoms with Crippen molar-refractivity contribution in [1.29, 1.82) is 0 Å². The molecule has 0 aromatic heterocycles. The average Bonchev–Trinajstić information content (AvgIpc) is 2.06. The largest absolute Gasteiger partial charge is 0.478 e. The molecular weight excluding hydrogens is 179 g/mol. The first-order valence-electron chi connectivity index (χ1n) is 4.22. The maximum atomic E-state index is 12.7. The Kier molecular flexibility index (Phi) is 3.85. The fourth-order valence-corrected chi connectivity index (χ4v) is 2.49. The van der Waals surface area contributed by atoms with Crippen LogP contribution in [0, 0.1) is 0 Å². The van der Waals surface area contributed by atoms with Crippen LogP contribution in [-0.2, 0) is 4.79 Å². The van der Waals surface area contributed by atoms with Crippen molar-refractivity contribution in [2.45, 2.75) is 42.9 Å². The van der Waals surface area contributed by atoms with Gasteiger partial charge in [0.1, 0.15) is 0 Å². The Morgan fingerprint density at radius 1 is 1.42 bits per heavy atom. The van der Waals surface area contributed by atoms with Crippen LogP contribution < -0.4 is 0 Å². The molecule has 0 aliphatic heterocycles. The van der Waals surface area contributed by atoms with Crippen molar-refractivity contribution in [3.63, 3.8) is 0 Å². The lowest BCUT2D eigenvalue weighted by atomic mass is 10.0. The van der Waals surface area contributed by atoms with Crippen LogP contribution in [-0.4, -0.2) is 21.8 Å². The molecule has 1 rings (SSSR count). The number of rotatable bonds is 3. The molecule has 0 saturated heterocycles. The predicted molar refractivity (Wildman–Crippen MR) is 47.0 cm³/mol. The average molecular weight is 192 g/mol. The predicted octanol–water partition coefficient (Wildman–Crippen LogP) is 2.43. The number of carboxylic acid groups (broad SMARTS) is 1. The standard InChI is InChI=1S/C8H13FO2S/c9-7(8(10)11)12-6-4-2-1-3-5-6/h6-7H,1-5H2,(H,10,11). The van der Waals surface area contributed by atoms with E-state index < -0.39 is 11.5 Å². The molecule has 0 radical (unpaired) electrons. The van der Waals surface area contributed by atoms with Gasteiger partial charge in [-0.15, -0.1) is 11.8 Å². The molecule has 1 aliphatic rings. The number of hydrogen-bond donors (Lipinski definition) is 1. The van der Waals surface area contributed by atoms with Crippen molar-refractivity contribution in [2.75, 3.05) is 0 Å². The molecule has 4 heteroatoms. The Bertz CT molecular complexity index is 157. The van der Waals surface area contributed by atoms with E-state index in [1.807, 2.05) is 0 Å². The molecule has 0 bridgehead atoms. The van der Waals surface area contributed by atoms with Gasteiger partial charge in [0.25, 0.3) is 0 Å². The summed E-state index contributed by atoms with van der Waals surface area (Å²) in [4.78, 5) is 10.2. The zero-order valence-electron chi connectivity index (χ0n) is 6.83. The van der Waals surface area contributed by atoms with E-state index in [0.717, 1.165) is 37.4 Å². The van der Waals surface area contributed by atoms with Crippen LogP contribution in [0.1, 0.15) is 32.1 Å². The number of carbonyl (C=O) groups is 1. The normalized spacial score (nSPS) is 22.1. The van der Waals surface area contributed by atoms with E-state index in [2.05, 4.69) is 0 Å². The SMILES string of the molecule is O=C(O)C(F)SC1CCCCC1. The van der Waals surface area contributed by atoms with Gasteiger partial charge in [-0.05, 0) is 12.8 Å². The van der Waals surface area contributed by atoms with Gasteiger partial charge in [0, 0.05) is 5.25 Å². The van der Waals surface area contributed by atoms with Crippen molar-refractivity contribution in [2.24, 2.45) is 0 Å². The van der Waals surface area contributed by atoms with Gasteiger partial charge in [-0.1, -0.05) is 19.3 Å². The molecule has 0 spiro atoms. The van der Waals surface area contributed by atoms with E-state index >= 15 is 0 Å². The molecule has 0 aromatic rings. The second-order valence-electron chi connectivity index (χ2n) is 3.05. The summed E-state index contributed by atoms with van der Waals surface area (Å²) in [5.74, 6) is -1.34. The second-order valence-corrected chi connectivity index (χ2v) is 4.40. The minimum absolute atomic E-state index is 0.227. The molecule has 70 valence electrons. The molecule has 1 aliphatic carbocycles. The molecule has 1 fully saturated rings. The van der Waals surface area contributed by atoms with Crippen LogP contribution in [0.2, 0.25) is 0 Å². The Balaban J connectivity index is 2.24. The second kappa shape index (κ2) is 4.70. The number of hydrogen-bond acceptors (Lipinski definition) is 2. The molecular formula is C8H13FO2S. The topological polar surface area (TPSA) is 37.3 Å². The highest BCUT2D eigenvalue weighted by atomic mass is 32.2. The summed E-state index contributed by atoms with van der Waals surface area (Å²) in [5.41, 5.74) is -1.73. The number of carboxylic acids is 1. The van der Waals surface area contributed by atoms with Gasteiger partial charge in [0.05, 0.1) is 0 Å². The molecule has 0 aromatic carbocycles. The van der Waals surface area contributed by atoms with Crippen LogP contribution in [0.15, 0.2) is 0 Å². The van der Waals surface area contributed by atoms with Crippen molar-refractivity contribution in [3.05, 3.63) is 0 Å². The molecule has 1 N–H and O–H groups in total. The molecule has 12 heavy (non-hydrogen) atoms. The maximum absolute atomic E-state index is 12.7. The Morgan fingerprint density at radius 3 is 2.50 bits per heavy atom. The van der Waals surface area contributed by atoms with E-state index in [1.54, 1.807) is 0 Å². The van der Waals surface area contributed by atoms with Gasteiger partial charge in [0.2, 0.25) is 5.50 Å². The van der Waals surface area contributed by atoms with Crippen LogP contribution >= 0.6 is 11.8 Å². The summed E-state index contributed by atoms with van der Waals surface area (Å²) in [6.07, 6.45) is 5.38. The van der Waals surface area contributed by atoms with Gasteiger partial charge < -0.3 is 5.11 Å². The zero-order valence-corrected chi connectivity index (χ0v) is 7.65. The zero-order chi connectivity index (χ0) is 8.97. The third kappa shape index (κ3) is 3.01. The van der Waals surface area contributed by atoms with Crippen molar-refractivity contribution in [1.82, 2.24) is 0 Å². The summed E-state index contributed by atoms with van der Waals surface area (Å²) < 4.78 is 12.7. The van der Waals surface area contributed by atoms with E-state index in [4.69, 9.17) is 5.11 Å². The summed E-state index contributed by atoms with van der Waals surface area (Å²) >= 11 is 0.962. The van der Waals surface area contributed by atoms with Crippen LogP contribution in [0.4, 0.5) is 4.39 Å². The number of aliphatic carboxylic acids is 1. The van der Waals surface area contributed by atoms with E-state index in [1.165, 1.54) is 6.42 Å². The fourth-order valence-electron chi connectivity index (χ4n) is 1.43. The molecule has 0 heterocycles. The smallest absolute Gasteiger partial charge is 0.348 e. The first kappa shape index (κ1) is 9.84. The minimum atomic E-state index is -1.73. The van der Waals surface area contributed by atoms with Crippen molar-refractivity contribution >= 4 is 17.7 Å². The summed E-state index contributed by atoms with van der Waals surface area (Å²) in [6, 6.07) is 0. The maximum Gasteiger partial charge on any atom is 0.348 e. The summed E-state index contributed by atoms with van der Waals surface area (Å²) in [7, 11) is 0. The first-order chi connectivity index (χ1) is 5.70. The highest BCUT2D eigenvalue weighted by Gasteiger charge is 2.23. The molecule has 2 nitrogen and oxygen atoms in total. The highest BCUT2D eigenvalue weighted by molar-refractivity contribution is 8.01. The number of halogens is 1. The van der Waals surface area contributed by atoms with E-state index in [-0.39, 0.29) is 5.25 Å². The molecule has 1 saturated carbocycles. The Hall–Kier alpha value is -0.250.